The van der Waals surface area contributed by atoms with Crippen LogP contribution in [0.2, 0.25) is 0 Å². The van der Waals surface area contributed by atoms with Gasteiger partial charge in [0.15, 0.2) is 0 Å². The third-order valence-electron chi connectivity index (χ3n) is 3.05. The fourth-order valence-corrected chi connectivity index (χ4v) is 3.23. The minimum absolute atomic E-state index is 0.158. The van der Waals surface area contributed by atoms with E-state index in [1.54, 1.807) is 18.4 Å². The predicted octanol–water partition coefficient (Wildman–Crippen LogP) is 4.00. The largest absolute Gasteiger partial charge is 0.374 e. The summed E-state index contributed by atoms with van der Waals surface area (Å²) in [4.78, 5) is 6.03. The molecule has 1 N–H and O–H groups in total. The third-order valence-corrected chi connectivity index (χ3v) is 4.49. The van der Waals surface area contributed by atoms with Crippen LogP contribution in [-0.2, 0) is 4.74 Å². The van der Waals surface area contributed by atoms with Crippen molar-refractivity contribution in [2.75, 3.05) is 13.7 Å². The summed E-state index contributed by atoms with van der Waals surface area (Å²) in [7, 11) is 1.77. The number of aromatic nitrogens is 1. The molecular formula is C14H26N2OS. The molecule has 0 saturated carbocycles. The van der Waals surface area contributed by atoms with E-state index in [0.717, 1.165) is 36.5 Å². The number of hydrogen-bond donors (Lipinski definition) is 1. The second kappa shape index (κ2) is 7.87. The molecule has 0 bridgehead atoms. The maximum Gasteiger partial charge on any atom is 0.122 e. The number of ether oxygens (including phenoxy) is 1. The molecule has 0 saturated heterocycles. The van der Waals surface area contributed by atoms with E-state index in [4.69, 9.17) is 4.74 Å². The number of thiazole rings is 1. The summed E-state index contributed by atoms with van der Waals surface area (Å²) in [6.07, 6.45) is 3.48. The van der Waals surface area contributed by atoms with Gasteiger partial charge in [0, 0.05) is 18.0 Å². The highest BCUT2D eigenvalue weighted by molar-refractivity contribution is 7.11. The molecule has 104 valence electrons. The normalized spacial score (nSPS) is 14.7. The van der Waals surface area contributed by atoms with Crippen LogP contribution in [0.25, 0.3) is 0 Å². The molecule has 4 heteroatoms. The van der Waals surface area contributed by atoms with Gasteiger partial charge in [-0.1, -0.05) is 20.3 Å². The predicted molar refractivity (Wildman–Crippen MR) is 78.2 cm³/mol. The zero-order valence-electron chi connectivity index (χ0n) is 12.2. The van der Waals surface area contributed by atoms with Crippen LogP contribution in [0.3, 0.4) is 0 Å². The van der Waals surface area contributed by atoms with Crippen LogP contribution in [0.5, 0.6) is 0 Å². The molecule has 3 nitrogen and oxygen atoms in total. The van der Waals surface area contributed by atoms with Crippen LogP contribution in [0.1, 0.15) is 67.8 Å². The molecular weight excluding hydrogens is 244 g/mol. The average molecular weight is 270 g/mol. The number of methoxy groups -OCH3 is 1. The highest BCUT2D eigenvalue weighted by atomic mass is 32.1. The summed E-state index contributed by atoms with van der Waals surface area (Å²) in [5.41, 5.74) is 1.14. The van der Waals surface area contributed by atoms with Crippen molar-refractivity contribution in [2.24, 2.45) is 0 Å². The van der Waals surface area contributed by atoms with Gasteiger partial charge >= 0.3 is 0 Å². The van der Waals surface area contributed by atoms with E-state index in [2.05, 4.69) is 38.0 Å². The summed E-state index contributed by atoms with van der Waals surface area (Å²) in [5, 5.41) is 4.64. The Kier molecular flexibility index (Phi) is 6.82. The fraction of sp³-hybridized carbons (Fsp3) is 0.786. The van der Waals surface area contributed by atoms with Gasteiger partial charge in [0.1, 0.15) is 11.1 Å². The first-order valence-electron chi connectivity index (χ1n) is 6.87. The van der Waals surface area contributed by atoms with Gasteiger partial charge in [0.25, 0.3) is 0 Å². The van der Waals surface area contributed by atoms with Crippen molar-refractivity contribution in [1.29, 1.82) is 0 Å². The zero-order valence-corrected chi connectivity index (χ0v) is 13.1. The summed E-state index contributed by atoms with van der Waals surface area (Å²) in [5.74, 6) is 0. The molecule has 1 rings (SSSR count). The smallest absolute Gasteiger partial charge is 0.122 e. The monoisotopic (exact) mass is 270 g/mol. The van der Waals surface area contributed by atoms with Gasteiger partial charge < -0.3 is 10.1 Å². The number of nitrogens with one attached hydrogen (secondary N) is 1. The Labute approximate surface area is 115 Å². The van der Waals surface area contributed by atoms with Gasteiger partial charge in [-0.05, 0) is 33.2 Å². The number of rotatable bonds is 8. The zero-order chi connectivity index (χ0) is 13.5. The molecule has 1 aromatic heterocycles. The van der Waals surface area contributed by atoms with Gasteiger partial charge in [-0.2, -0.15) is 0 Å². The van der Waals surface area contributed by atoms with Gasteiger partial charge in [0.05, 0.1) is 5.69 Å². The number of nitrogens with zero attached hydrogens (tertiary/aromatic N) is 1. The Bertz CT molecular complexity index is 352. The Balaban J connectivity index is 2.79. The van der Waals surface area contributed by atoms with E-state index in [1.807, 2.05) is 0 Å². The average Bonchev–Trinajstić information content (AvgIpc) is 2.75. The lowest BCUT2D eigenvalue weighted by atomic mass is 10.2. The lowest BCUT2D eigenvalue weighted by molar-refractivity contribution is 0.0947. The highest BCUT2D eigenvalue weighted by Crippen LogP contribution is 2.31. The first-order valence-corrected chi connectivity index (χ1v) is 7.69. The molecule has 0 spiro atoms. The molecule has 1 aromatic rings. The Morgan fingerprint density at radius 2 is 2.06 bits per heavy atom. The molecule has 0 amide bonds. The molecule has 0 fully saturated rings. The summed E-state index contributed by atoms with van der Waals surface area (Å²) < 4.78 is 5.53. The van der Waals surface area contributed by atoms with Crippen LogP contribution in [0, 0.1) is 6.92 Å². The SMILES string of the molecule is CCCNC(C)c1sc(C(CCC)OC)nc1C. The summed E-state index contributed by atoms with van der Waals surface area (Å²) in [6, 6.07) is 0.385. The second-order valence-electron chi connectivity index (χ2n) is 4.69. The summed E-state index contributed by atoms with van der Waals surface area (Å²) >= 11 is 1.79. The van der Waals surface area contributed by atoms with Crippen molar-refractivity contribution in [3.05, 3.63) is 15.6 Å². The molecule has 1 heterocycles. The minimum Gasteiger partial charge on any atom is -0.374 e. The highest BCUT2D eigenvalue weighted by Gasteiger charge is 2.19. The van der Waals surface area contributed by atoms with Gasteiger partial charge in [0.2, 0.25) is 0 Å². The molecule has 0 aliphatic carbocycles. The number of aryl methyl sites for hydroxylation is 1. The topological polar surface area (TPSA) is 34.1 Å². The van der Waals surface area contributed by atoms with Crippen LogP contribution in [-0.4, -0.2) is 18.6 Å². The van der Waals surface area contributed by atoms with E-state index < -0.39 is 0 Å². The van der Waals surface area contributed by atoms with Crippen LogP contribution in [0.15, 0.2) is 0 Å². The standard InChI is InChI=1S/C14H26N2OS/c1-6-8-12(17-5)14-16-11(4)13(18-14)10(3)15-9-7-2/h10,12,15H,6-9H2,1-5H3. The molecule has 0 aromatic carbocycles. The van der Waals surface area contributed by atoms with Crippen LogP contribution >= 0.6 is 11.3 Å². The lowest BCUT2D eigenvalue weighted by Gasteiger charge is -2.12. The lowest BCUT2D eigenvalue weighted by Crippen LogP contribution is -2.18. The number of hydrogen-bond acceptors (Lipinski definition) is 4. The molecule has 2 unspecified atom stereocenters. The van der Waals surface area contributed by atoms with E-state index in [0.29, 0.717) is 6.04 Å². The van der Waals surface area contributed by atoms with E-state index in [9.17, 15) is 0 Å². The molecule has 0 aliphatic heterocycles. The fourth-order valence-electron chi connectivity index (χ4n) is 2.03. The van der Waals surface area contributed by atoms with Gasteiger partial charge in [-0.25, -0.2) is 4.98 Å². The van der Waals surface area contributed by atoms with Crippen molar-refractivity contribution in [3.8, 4) is 0 Å². The second-order valence-corrected chi connectivity index (χ2v) is 5.75. The first kappa shape index (κ1) is 15.6. The van der Waals surface area contributed by atoms with Gasteiger partial charge in [-0.3, -0.25) is 0 Å². The summed E-state index contributed by atoms with van der Waals surface area (Å²) in [6.45, 7) is 9.72. The molecule has 0 radical (unpaired) electrons. The molecule has 0 aliphatic rings. The van der Waals surface area contributed by atoms with Crippen molar-refractivity contribution in [1.82, 2.24) is 10.3 Å². The quantitative estimate of drug-likeness (QED) is 0.775. The first-order chi connectivity index (χ1) is 8.63. The molecule has 2 atom stereocenters. The third kappa shape index (κ3) is 4.04. The van der Waals surface area contributed by atoms with E-state index in [-0.39, 0.29) is 6.10 Å². The van der Waals surface area contributed by atoms with Gasteiger partial charge in [-0.15, -0.1) is 11.3 Å². The van der Waals surface area contributed by atoms with Crippen molar-refractivity contribution in [2.45, 2.75) is 59.1 Å². The van der Waals surface area contributed by atoms with E-state index in [1.165, 1.54) is 4.88 Å². The Morgan fingerprint density at radius 1 is 1.33 bits per heavy atom. The maximum absolute atomic E-state index is 5.53. The van der Waals surface area contributed by atoms with Crippen LogP contribution in [0.4, 0.5) is 0 Å². The Morgan fingerprint density at radius 3 is 2.61 bits per heavy atom. The van der Waals surface area contributed by atoms with Crippen molar-refractivity contribution < 1.29 is 4.74 Å². The van der Waals surface area contributed by atoms with Crippen molar-refractivity contribution in [3.63, 3.8) is 0 Å². The Hall–Kier alpha value is -0.450. The van der Waals surface area contributed by atoms with E-state index >= 15 is 0 Å². The van der Waals surface area contributed by atoms with Crippen LogP contribution < -0.4 is 5.32 Å². The minimum atomic E-state index is 0.158. The van der Waals surface area contributed by atoms with Crippen molar-refractivity contribution >= 4 is 11.3 Å². The molecule has 18 heavy (non-hydrogen) atoms. The maximum atomic E-state index is 5.53.